The largest absolute Gasteiger partial charge is 0.456 e. The molecule has 0 bridgehead atoms. The van der Waals surface area contributed by atoms with Gasteiger partial charge in [0.2, 0.25) is 0 Å². The smallest absolute Gasteiger partial charge is 0.338 e. The molecule has 3 heteroatoms. The van der Waals surface area contributed by atoms with Crippen LogP contribution in [0.5, 0.6) is 0 Å². The van der Waals surface area contributed by atoms with Gasteiger partial charge < -0.3 is 4.74 Å². The molecule has 0 N–H and O–H groups in total. The minimum atomic E-state index is -0.556. The van der Waals surface area contributed by atoms with Crippen LogP contribution < -0.4 is 0 Å². The second-order valence-corrected chi connectivity index (χ2v) is 4.49. The summed E-state index contributed by atoms with van der Waals surface area (Å²) in [5, 5.41) is 0. The first-order valence-electron chi connectivity index (χ1n) is 4.98. The highest BCUT2D eigenvalue weighted by molar-refractivity contribution is 6.15. The quantitative estimate of drug-likeness (QED) is 0.567. The lowest BCUT2D eigenvalue weighted by Gasteiger charge is -2.20. The first-order valence-corrected chi connectivity index (χ1v) is 4.98. The predicted octanol–water partition coefficient (Wildman–Crippen LogP) is 3.18. The minimum Gasteiger partial charge on any atom is -0.456 e. The molecule has 0 saturated carbocycles. The van der Waals surface area contributed by atoms with Crippen molar-refractivity contribution in [2.45, 2.75) is 26.4 Å². The predicted molar refractivity (Wildman–Crippen MR) is 61.3 cm³/mol. The molecule has 1 rings (SSSR count). The number of carbonyl (C=O) groups is 1. The van der Waals surface area contributed by atoms with Crippen LogP contribution in [0.15, 0.2) is 30.8 Å². The number of hydrogen-bond donors (Lipinski definition) is 0. The van der Waals surface area contributed by atoms with Gasteiger partial charge in [-0.1, -0.05) is 18.7 Å². The zero-order valence-electron chi connectivity index (χ0n) is 9.71. The number of ether oxygens (including phenoxy) is 1. The van der Waals surface area contributed by atoms with Gasteiger partial charge in [-0.25, -0.2) is 9.18 Å². The summed E-state index contributed by atoms with van der Waals surface area (Å²) < 4.78 is 17.8. The Bertz CT molecular complexity index is 399. The molecular formula is C13H15FO2. The zero-order valence-corrected chi connectivity index (χ0v) is 9.71. The zero-order chi connectivity index (χ0) is 12.3. The molecular weight excluding hydrogens is 207 g/mol. The van der Waals surface area contributed by atoms with E-state index in [2.05, 4.69) is 6.58 Å². The first kappa shape index (κ1) is 12.4. The van der Waals surface area contributed by atoms with Gasteiger partial charge in [-0.15, -0.1) is 0 Å². The fourth-order valence-electron chi connectivity index (χ4n) is 1.11. The molecule has 0 amide bonds. The third-order valence-electron chi connectivity index (χ3n) is 1.84. The van der Waals surface area contributed by atoms with Gasteiger partial charge in [-0.05, 0) is 38.5 Å². The topological polar surface area (TPSA) is 26.3 Å². The Kier molecular flexibility index (Phi) is 3.48. The maximum absolute atomic E-state index is 12.7. The molecule has 16 heavy (non-hydrogen) atoms. The van der Waals surface area contributed by atoms with Gasteiger partial charge in [-0.3, -0.25) is 0 Å². The molecule has 1 aromatic carbocycles. The van der Waals surface area contributed by atoms with Crippen molar-refractivity contribution in [2.24, 2.45) is 0 Å². The van der Waals surface area contributed by atoms with Gasteiger partial charge in [0.15, 0.2) is 0 Å². The van der Waals surface area contributed by atoms with Crippen molar-refractivity contribution in [1.82, 2.24) is 0 Å². The highest BCUT2D eigenvalue weighted by Crippen LogP contribution is 2.18. The number of hydrogen-bond acceptors (Lipinski definition) is 2. The Hall–Kier alpha value is -1.64. The molecule has 0 heterocycles. The lowest BCUT2D eigenvalue weighted by molar-refractivity contribution is -0.147. The van der Waals surface area contributed by atoms with Crippen LogP contribution in [0, 0.1) is 5.82 Å². The van der Waals surface area contributed by atoms with Gasteiger partial charge in [0, 0.05) is 0 Å². The Morgan fingerprint density at radius 2 is 1.75 bits per heavy atom. The number of benzene rings is 1. The average Bonchev–Trinajstić information content (AvgIpc) is 2.15. The lowest BCUT2D eigenvalue weighted by Crippen LogP contribution is -2.24. The van der Waals surface area contributed by atoms with Crippen LogP contribution in [-0.2, 0) is 9.53 Å². The molecule has 0 radical (unpaired) electrons. The summed E-state index contributed by atoms with van der Waals surface area (Å²) >= 11 is 0. The summed E-state index contributed by atoms with van der Waals surface area (Å²) in [7, 11) is 0. The van der Waals surface area contributed by atoms with Gasteiger partial charge in [0.05, 0.1) is 5.57 Å². The van der Waals surface area contributed by atoms with Gasteiger partial charge in [0.1, 0.15) is 11.4 Å². The second kappa shape index (κ2) is 4.47. The van der Waals surface area contributed by atoms with Gasteiger partial charge in [-0.2, -0.15) is 0 Å². The van der Waals surface area contributed by atoms with E-state index in [4.69, 9.17) is 4.74 Å². The molecule has 2 nitrogen and oxygen atoms in total. The van der Waals surface area contributed by atoms with Crippen molar-refractivity contribution < 1.29 is 13.9 Å². The van der Waals surface area contributed by atoms with Crippen LogP contribution in [0.2, 0.25) is 0 Å². The summed E-state index contributed by atoms with van der Waals surface area (Å²) in [5.74, 6) is -0.833. The number of esters is 1. The SMILES string of the molecule is C=C(C(=O)OC(C)(C)C)c1ccc(F)cc1. The number of carbonyl (C=O) groups excluding carboxylic acids is 1. The van der Waals surface area contributed by atoms with Crippen LogP contribution in [0.3, 0.4) is 0 Å². The molecule has 86 valence electrons. The van der Waals surface area contributed by atoms with Gasteiger partial charge >= 0.3 is 5.97 Å². The molecule has 0 saturated heterocycles. The molecule has 0 aliphatic carbocycles. The van der Waals surface area contributed by atoms with Crippen LogP contribution in [-0.4, -0.2) is 11.6 Å². The second-order valence-electron chi connectivity index (χ2n) is 4.49. The van der Waals surface area contributed by atoms with Crippen molar-refractivity contribution in [3.63, 3.8) is 0 Å². The minimum absolute atomic E-state index is 0.231. The molecule has 0 fully saturated rings. The van der Waals surface area contributed by atoms with Gasteiger partial charge in [0.25, 0.3) is 0 Å². The summed E-state index contributed by atoms with van der Waals surface area (Å²) in [6.07, 6.45) is 0. The highest BCUT2D eigenvalue weighted by Gasteiger charge is 2.19. The molecule has 0 spiro atoms. The Labute approximate surface area is 94.7 Å². The van der Waals surface area contributed by atoms with E-state index in [1.807, 2.05) is 0 Å². The van der Waals surface area contributed by atoms with Crippen molar-refractivity contribution in [2.75, 3.05) is 0 Å². The fraction of sp³-hybridized carbons (Fsp3) is 0.308. The average molecular weight is 222 g/mol. The Balaban J connectivity index is 2.79. The summed E-state index contributed by atoms with van der Waals surface area (Å²) in [6.45, 7) is 8.98. The maximum Gasteiger partial charge on any atom is 0.338 e. The standard InChI is InChI=1S/C13H15FO2/c1-9(12(15)16-13(2,3)4)10-5-7-11(14)8-6-10/h5-8H,1H2,2-4H3. The van der Waals surface area contributed by atoms with E-state index in [-0.39, 0.29) is 11.4 Å². The summed E-state index contributed by atoms with van der Waals surface area (Å²) in [5.41, 5.74) is 0.241. The van der Waals surface area contributed by atoms with E-state index in [1.165, 1.54) is 24.3 Å². The first-order chi connectivity index (χ1) is 7.29. The van der Waals surface area contributed by atoms with Crippen LogP contribution in [0.4, 0.5) is 4.39 Å². The van der Waals surface area contributed by atoms with Crippen LogP contribution in [0.25, 0.3) is 5.57 Å². The van der Waals surface area contributed by atoms with E-state index in [0.29, 0.717) is 5.56 Å². The number of halogens is 1. The van der Waals surface area contributed by atoms with Crippen molar-refractivity contribution in [1.29, 1.82) is 0 Å². The summed E-state index contributed by atoms with van der Waals surface area (Å²) in [6, 6.07) is 5.57. The highest BCUT2D eigenvalue weighted by atomic mass is 19.1. The van der Waals surface area contributed by atoms with Crippen LogP contribution >= 0.6 is 0 Å². The van der Waals surface area contributed by atoms with E-state index in [9.17, 15) is 9.18 Å². The Morgan fingerprint density at radius 1 is 1.25 bits per heavy atom. The molecule has 0 atom stereocenters. The molecule has 0 aliphatic rings. The molecule has 1 aromatic rings. The van der Waals surface area contributed by atoms with Crippen molar-refractivity contribution in [3.8, 4) is 0 Å². The number of rotatable bonds is 2. The fourth-order valence-corrected chi connectivity index (χ4v) is 1.11. The lowest BCUT2D eigenvalue weighted by atomic mass is 10.1. The van der Waals surface area contributed by atoms with Crippen LogP contribution in [0.1, 0.15) is 26.3 Å². The van der Waals surface area contributed by atoms with E-state index < -0.39 is 11.6 Å². The molecule has 0 unspecified atom stereocenters. The van der Waals surface area contributed by atoms with E-state index >= 15 is 0 Å². The normalized spacial score (nSPS) is 11.0. The van der Waals surface area contributed by atoms with E-state index in [1.54, 1.807) is 20.8 Å². The van der Waals surface area contributed by atoms with Crippen molar-refractivity contribution >= 4 is 11.5 Å². The maximum atomic E-state index is 12.7. The third kappa shape index (κ3) is 3.50. The molecule has 0 aromatic heterocycles. The Morgan fingerprint density at radius 3 is 2.19 bits per heavy atom. The molecule has 0 aliphatic heterocycles. The summed E-state index contributed by atoms with van der Waals surface area (Å²) in [4.78, 5) is 11.6. The third-order valence-corrected chi connectivity index (χ3v) is 1.84. The van der Waals surface area contributed by atoms with Crippen molar-refractivity contribution in [3.05, 3.63) is 42.2 Å². The monoisotopic (exact) mass is 222 g/mol. The van der Waals surface area contributed by atoms with E-state index in [0.717, 1.165) is 0 Å².